The topological polar surface area (TPSA) is 106 Å². The summed E-state index contributed by atoms with van der Waals surface area (Å²) in [5.74, 6) is 1.76. The molecule has 7 heterocycles. The van der Waals surface area contributed by atoms with Crippen molar-refractivity contribution in [2.45, 2.75) is 265 Å². The molecule has 0 saturated carbocycles. The van der Waals surface area contributed by atoms with E-state index < -0.39 is 0 Å². The van der Waals surface area contributed by atoms with Crippen LogP contribution in [0.4, 0.5) is 0 Å². The van der Waals surface area contributed by atoms with E-state index in [0.29, 0.717) is 0 Å². The maximum atomic E-state index is 4.10. The van der Waals surface area contributed by atoms with Crippen molar-refractivity contribution in [2.24, 2.45) is 18.9 Å². The van der Waals surface area contributed by atoms with Crippen LogP contribution in [0.5, 0.6) is 0 Å². The van der Waals surface area contributed by atoms with Crippen molar-refractivity contribution in [3.05, 3.63) is 313 Å². The number of aryl methyl sites for hydroxylation is 8. The van der Waals surface area contributed by atoms with E-state index in [1.807, 2.05) is 290 Å². The van der Waals surface area contributed by atoms with Gasteiger partial charge < -0.3 is 5.32 Å². The molecule has 9 nitrogen and oxygen atoms in total. The van der Waals surface area contributed by atoms with E-state index in [9.17, 15) is 0 Å². The predicted octanol–water partition coefficient (Wildman–Crippen LogP) is 28.3. The molecule has 0 bridgehead atoms. The Kier molecular flexibility index (Phi) is 116. The van der Waals surface area contributed by atoms with Crippen LogP contribution in [0.2, 0.25) is 0 Å². The number of rotatable bonds is 10. The largest absolute Gasteiger partial charge is 0.317 e. The molecule has 1 saturated heterocycles. The number of hydrogen-bond donors (Lipinski definition) is 1. The molecule has 0 unspecified atom stereocenters. The summed E-state index contributed by atoms with van der Waals surface area (Å²) in [6.45, 7) is 61.8. The van der Waals surface area contributed by atoms with Gasteiger partial charge in [-0.1, -0.05) is 350 Å². The Morgan fingerprint density at radius 2 is 0.766 bits per heavy atom. The smallest absolute Gasteiger partial charge is 0.168 e. The first-order valence-electron chi connectivity index (χ1n) is 41.2. The number of pyridine rings is 4. The van der Waals surface area contributed by atoms with Crippen LogP contribution in [0.1, 0.15) is 270 Å². The standard InChI is InChI=1S/2C9H10.C8H12N.C7H15N.3C7H9N.C7H8.C7H10.2C6H8N2.9C2H6/c2*1-2-6-9-7-4-3-5-8-9;1-3-8-4-6-9(2)7-5-8;1-2-7-3-5-8-6-4-7;2*1-2-7-4-3-5-8-6-7;1-2-7-5-3-4-6-8-7;1-7-5-3-2-4-6-7;1-2-7-5-3-4-6-7;1-2-6-3-7-5-8-4-6;1-2-6-4-3-5-7-8-6;9*1-2/h2*2-8H,1H3;4-7H,3H2,1-2H3;7-8H,2-6H2,1H3;3*3-6H,2H2,1H3;2-6H,1H3;3-7H,2H2,1H3;2*3-5H,2H2,1H3;9*1-2H3/q;;+1;;;;;;;;;;;;;;;;;. The summed E-state index contributed by atoms with van der Waals surface area (Å²) in [5, 5.41) is 10.9. The van der Waals surface area contributed by atoms with E-state index in [2.05, 4.69) is 212 Å². The molecule has 9 heteroatoms. The van der Waals surface area contributed by atoms with Gasteiger partial charge in [0.1, 0.15) is 13.4 Å². The van der Waals surface area contributed by atoms with Gasteiger partial charge in [-0.25, -0.2) is 14.5 Å². The minimum absolute atomic E-state index is 0.736. The molecule has 1 aliphatic carbocycles. The summed E-state index contributed by atoms with van der Waals surface area (Å²) >= 11 is 0. The van der Waals surface area contributed by atoms with Gasteiger partial charge in [-0.3, -0.25) is 15.0 Å². The van der Waals surface area contributed by atoms with Gasteiger partial charge in [-0.2, -0.15) is 10.2 Å². The van der Waals surface area contributed by atoms with Crippen molar-refractivity contribution in [3.8, 4) is 0 Å². The van der Waals surface area contributed by atoms with Crippen LogP contribution in [0.15, 0.2) is 262 Å². The van der Waals surface area contributed by atoms with Crippen molar-refractivity contribution >= 4 is 12.2 Å². The fourth-order valence-corrected chi connectivity index (χ4v) is 7.71. The van der Waals surface area contributed by atoms with Gasteiger partial charge in [-0.15, -0.1) is 0 Å². The maximum Gasteiger partial charge on any atom is 0.168 e. The lowest BCUT2D eigenvalue weighted by molar-refractivity contribution is -0.671. The van der Waals surface area contributed by atoms with Gasteiger partial charge in [0.05, 0.1) is 5.69 Å². The van der Waals surface area contributed by atoms with E-state index in [0.717, 1.165) is 61.7 Å². The zero-order valence-corrected chi connectivity index (χ0v) is 74.2. The number of piperidine rings is 1. The van der Waals surface area contributed by atoms with Gasteiger partial charge >= 0.3 is 0 Å². The summed E-state index contributed by atoms with van der Waals surface area (Å²) in [5.41, 5.74) is 11.2. The molecular formula is C98H162N9+. The Labute approximate surface area is 663 Å². The van der Waals surface area contributed by atoms with Crippen LogP contribution >= 0.6 is 0 Å². The normalized spacial score (nSPS) is 10.0. The van der Waals surface area contributed by atoms with E-state index in [1.54, 1.807) is 24.9 Å². The first kappa shape index (κ1) is 117. The lowest BCUT2D eigenvalue weighted by Crippen LogP contribution is -2.27. The highest BCUT2D eigenvalue weighted by Gasteiger charge is 2.09. The molecule has 1 aliphatic heterocycles. The average molecular weight is 1470 g/mol. The van der Waals surface area contributed by atoms with Gasteiger partial charge in [-0.05, 0) is 173 Å². The SMILES string of the molecule is CC.CC.CC.CC.CC.CC.CC.CC.CC.CC=Cc1ccccc1.CC=Cc1ccccc1.CCC1C=CC=C1.CCC1CCNCC1.CCc1cc[n+](C)cc1.CCc1ccccn1.CCc1cccnc1.CCc1cccnc1.CCc1cccnn1.CCc1cncnc1.Cc1ccccc1. The van der Waals surface area contributed by atoms with Crippen LogP contribution in [-0.2, 0) is 45.6 Å². The lowest BCUT2D eigenvalue weighted by Gasteiger charge is -2.20. The number of benzene rings is 3. The molecule has 0 amide bonds. The van der Waals surface area contributed by atoms with E-state index in [1.165, 1.54) is 77.7 Å². The monoisotopic (exact) mass is 1470 g/mol. The second kappa shape index (κ2) is 106. The van der Waals surface area contributed by atoms with E-state index in [-0.39, 0.29) is 0 Å². The molecule has 2 aliphatic rings. The fraction of sp³-hybridized carbons (Fsp3) is 0.449. The number of nitrogens with one attached hydrogen (secondary N) is 1. The third kappa shape index (κ3) is 84.5. The average Bonchev–Trinajstić information content (AvgIpc) is 1.70. The van der Waals surface area contributed by atoms with Gasteiger partial charge in [0.25, 0.3) is 0 Å². The molecule has 107 heavy (non-hydrogen) atoms. The van der Waals surface area contributed by atoms with Crippen LogP contribution < -0.4 is 9.88 Å². The van der Waals surface area contributed by atoms with Crippen molar-refractivity contribution in [2.75, 3.05) is 13.1 Å². The highest BCUT2D eigenvalue weighted by molar-refractivity contribution is 5.48. The Hall–Kier alpha value is -8.66. The van der Waals surface area contributed by atoms with Crippen molar-refractivity contribution in [1.82, 2.24) is 40.4 Å². The molecule has 9 aromatic rings. The predicted molar refractivity (Wildman–Crippen MR) is 484 cm³/mol. The minimum atomic E-state index is 0.736. The number of aromatic nitrogens is 8. The third-order valence-electron chi connectivity index (χ3n) is 13.4. The number of nitrogens with zero attached hydrogens (tertiary/aromatic N) is 8. The van der Waals surface area contributed by atoms with Crippen LogP contribution in [0.3, 0.4) is 0 Å². The van der Waals surface area contributed by atoms with Gasteiger partial charge in [0.2, 0.25) is 0 Å². The molecule has 1 N–H and O–H groups in total. The van der Waals surface area contributed by atoms with E-state index in [4.69, 9.17) is 0 Å². The van der Waals surface area contributed by atoms with Gasteiger partial charge in [0, 0.05) is 67.4 Å². The molecule has 11 rings (SSSR count). The summed E-state index contributed by atoms with van der Waals surface area (Å²) < 4.78 is 2.04. The van der Waals surface area contributed by atoms with Crippen molar-refractivity contribution < 1.29 is 4.57 Å². The van der Waals surface area contributed by atoms with Crippen LogP contribution in [-0.4, -0.2) is 48.2 Å². The first-order chi connectivity index (χ1) is 52.6. The summed E-state index contributed by atoms with van der Waals surface area (Å²) in [4.78, 5) is 19.7. The highest BCUT2D eigenvalue weighted by Crippen LogP contribution is 2.14. The number of hydrogen-bond acceptors (Lipinski definition) is 8. The molecule has 0 atom stereocenters. The molecule has 0 spiro atoms. The molecule has 3 aromatic carbocycles. The van der Waals surface area contributed by atoms with Crippen LogP contribution in [0.25, 0.3) is 12.2 Å². The summed E-state index contributed by atoms with van der Waals surface area (Å²) in [7, 11) is 2.03. The second-order valence-corrected chi connectivity index (χ2v) is 20.4. The molecule has 1 fully saturated rings. The van der Waals surface area contributed by atoms with Crippen molar-refractivity contribution in [3.63, 3.8) is 0 Å². The fourth-order valence-electron chi connectivity index (χ4n) is 7.71. The van der Waals surface area contributed by atoms with Gasteiger partial charge in [0.15, 0.2) is 12.4 Å². The molecular weight excluding hydrogens is 1300 g/mol. The quantitative estimate of drug-likeness (QED) is 0.135. The number of allylic oxidation sites excluding steroid dienone is 6. The minimum Gasteiger partial charge on any atom is -0.317 e. The molecule has 6 aromatic heterocycles. The third-order valence-corrected chi connectivity index (χ3v) is 13.4. The van der Waals surface area contributed by atoms with Crippen molar-refractivity contribution in [1.29, 1.82) is 0 Å². The Balaban J connectivity index is -0.000000138. The zero-order valence-electron chi connectivity index (χ0n) is 74.2. The molecule has 598 valence electrons. The zero-order chi connectivity index (χ0) is 82.9. The Morgan fingerprint density at radius 1 is 0.383 bits per heavy atom. The molecule has 0 radical (unpaired) electrons. The van der Waals surface area contributed by atoms with Crippen LogP contribution in [0, 0.1) is 18.8 Å². The summed E-state index contributed by atoms with van der Waals surface area (Å²) in [6, 6.07) is 53.0. The Bertz CT molecular complexity index is 2730. The Morgan fingerprint density at radius 3 is 1.02 bits per heavy atom. The maximum absolute atomic E-state index is 4.10. The second-order valence-electron chi connectivity index (χ2n) is 20.4. The van der Waals surface area contributed by atoms with E-state index >= 15 is 0 Å². The highest BCUT2D eigenvalue weighted by atomic mass is 15.1. The first-order valence-corrected chi connectivity index (χ1v) is 41.2. The summed E-state index contributed by atoms with van der Waals surface area (Å²) in [6.07, 6.45) is 48.8. The lowest BCUT2D eigenvalue weighted by atomic mass is 9.96.